The standard InChI is InChI=1S/C5H6F6O/c6-3(7)1-12-2-5(10,11)4(8)9/h3-4H,1-2H2. The zero-order valence-corrected chi connectivity index (χ0v) is 5.74. The van der Waals surface area contributed by atoms with Gasteiger partial charge in [-0.3, -0.25) is 0 Å². The molecule has 0 heterocycles. The molecule has 0 aromatic carbocycles. The van der Waals surface area contributed by atoms with Crippen LogP contribution in [0.5, 0.6) is 0 Å². The van der Waals surface area contributed by atoms with E-state index in [0.29, 0.717) is 0 Å². The minimum atomic E-state index is -4.35. The van der Waals surface area contributed by atoms with Gasteiger partial charge in [-0.25, -0.2) is 17.6 Å². The van der Waals surface area contributed by atoms with Crippen molar-refractivity contribution in [3.05, 3.63) is 0 Å². The van der Waals surface area contributed by atoms with Gasteiger partial charge in [0.25, 0.3) is 6.43 Å². The van der Waals surface area contributed by atoms with Crippen molar-refractivity contribution in [2.75, 3.05) is 13.2 Å². The third-order valence-electron chi connectivity index (χ3n) is 0.858. The first-order chi connectivity index (χ1) is 5.36. The molecule has 74 valence electrons. The van der Waals surface area contributed by atoms with Crippen molar-refractivity contribution >= 4 is 0 Å². The highest BCUT2D eigenvalue weighted by molar-refractivity contribution is 4.67. The van der Waals surface area contributed by atoms with Crippen molar-refractivity contribution in [1.82, 2.24) is 0 Å². The van der Waals surface area contributed by atoms with E-state index in [1.165, 1.54) is 0 Å². The first-order valence-corrected chi connectivity index (χ1v) is 2.88. The van der Waals surface area contributed by atoms with Crippen LogP contribution in [-0.2, 0) is 4.74 Å². The molecule has 0 aliphatic carbocycles. The highest BCUT2D eigenvalue weighted by Crippen LogP contribution is 2.22. The summed E-state index contributed by atoms with van der Waals surface area (Å²) in [5.74, 6) is -4.35. The number of rotatable bonds is 5. The van der Waals surface area contributed by atoms with Crippen LogP contribution in [0.3, 0.4) is 0 Å². The summed E-state index contributed by atoms with van der Waals surface area (Å²) >= 11 is 0. The Bertz CT molecular complexity index is 125. The van der Waals surface area contributed by atoms with Crippen LogP contribution in [0, 0.1) is 0 Å². The molecule has 0 aromatic heterocycles. The van der Waals surface area contributed by atoms with E-state index in [-0.39, 0.29) is 0 Å². The predicted molar refractivity (Wildman–Crippen MR) is 27.8 cm³/mol. The highest BCUT2D eigenvalue weighted by Gasteiger charge is 2.41. The maximum atomic E-state index is 11.9. The van der Waals surface area contributed by atoms with Crippen molar-refractivity contribution < 1.29 is 31.1 Å². The van der Waals surface area contributed by atoms with Gasteiger partial charge in [0.1, 0.15) is 13.2 Å². The van der Waals surface area contributed by atoms with Gasteiger partial charge >= 0.3 is 12.3 Å². The van der Waals surface area contributed by atoms with E-state index in [2.05, 4.69) is 4.74 Å². The van der Waals surface area contributed by atoms with Gasteiger partial charge in [0.2, 0.25) is 0 Å². The van der Waals surface area contributed by atoms with E-state index in [9.17, 15) is 26.3 Å². The summed E-state index contributed by atoms with van der Waals surface area (Å²) < 4.78 is 72.5. The number of hydrogen-bond donors (Lipinski definition) is 0. The van der Waals surface area contributed by atoms with E-state index in [0.717, 1.165) is 0 Å². The molecule has 7 heteroatoms. The molecule has 1 nitrogen and oxygen atoms in total. The molecule has 0 amide bonds. The first kappa shape index (κ1) is 11.5. The quantitative estimate of drug-likeness (QED) is 0.612. The van der Waals surface area contributed by atoms with Gasteiger partial charge in [-0.15, -0.1) is 0 Å². The van der Waals surface area contributed by atoms with Crippen LogP contribution in [0.15, 0.2) is 0 Å². The summed E-state index contributed by atoms with van der Waals surface area (Å²) in [6, 6.07) is 0. The molecule has 0 saturated heterocycles. The Hall–Kier alpha value is -0.460. The molecule has 0 aliphatic heterocycles. The molecule has 0 aliphatic rings. The lowest BCUT2D eigenvalue weighted by Crippen LogP contribution is -2.33. The van der Waals surface area contributed by atoms with Gasteiger partial charge in [0.15, 0.2) is 0 Å². The topological polar surface area (TPSA) is 9.23 Å². The lowest BCUT2D eigenvalue weighted by atomic mass is 10.4. The minimum absolute atomic E-state index is 1.26. The van der Waals surface area contributed by atoms with E-state index < -0.39 is 32.0 Å². The zero-order chi connectivity index (χ0) is 9.78. The van der Waals surface area contributed by atoms with Gasteiger partial charge < -0.3 is 4.74 Å². The van der Waals surface area contributed by atoms with Crippen molar-refractivity contribution in [2.45, 2.75) is 18.8 Å². The summed E-state index contributed by atoms with van der Waals surface area (Å²) in [4.78, 5) is 0. The Morgan fingerprint density at radius 3 is 1.92 bits per heavy atom. The van der Waals surface area contributed by atoms with E-state index in [4.69, 9.17) is 0 Å². The van der Waals surface area contributed by atoms with Crippen LogP contribution in [-0.4, -0.2) is 32.0 Å². The number of alkyl halides is 6. The normalized spacial score (nSPS) is 13.0. The Morgan fingerprint density at radius 2 is 1.58 bits per heavy atom. The van der Waals surface area contributed by atoms with Crippen molar-refractivity contribution in [3.8, 4) is 0 Å². The lowest BCUT2D eigenvalue weighted by Gasteiger charge is -2.14. The summed E-state index contributed by atoms with van der Waals surface area (Å²) in [5, 5.41) is 0. The Morgan fingerprint density at radius 1 is 1.08 bits per heavy atom. The second-order valence-electron chi connectivity index (χ2n) is 1.97. The van der Waals surface area contributed by atoms with E-state index in [1.54, 1.807) is 0 Å². The second-order valence-corrected chi connectivity index (χ2v) is 1.97. The molecule has 0 fully saturated rings. The molecule has 0 saturated carbocycles. The van der Waals surface area contributed by atoms with E-state index in [1.807, 2.05) is 0 Å². The molecule has 0 radical (unpaired) electrons. The molecule has 0 rings (SSSR count). The molecular weight excluding hydrogens is 190 g/mol. The summed E-state index contributed by atoms with van der Waals surface area (Å²) in [7, 11) is 0. The molecule has 0 unspecified atom stereocenters. The van der Waals surface area contributed by atoms with Gasteiger partial charge in [0.05, 0.1) is 0 Å². The van der Waals surface area contributed by atoms with E-state index >= 15 is 0 Å². The summed E-state index contributed by atoms with van der Waals surface area (Å²) in [6.45, 7) is -2.95. The summed E-state index contributed by atoms with van der Waals surface area (Å²) in [6.07, 6.45) is -6.83. The third-order valence-corrected chi connectivity index (χ3v) is 0.858. The fraction of sp³-hybridized carbons (Fsp3) is 1.00. The van der Waals surface area contributed by atoms with Crippen LogP contribution < -0.4 is 0 Å². The van der Waals surface area contributed by atoms with Crippen LogP contribution in [0.1, 0.15) is 0 Å². The second kappa shape index (κ2) is 4.54. The fourth-order valence-corrected chi connectivity index (χ4v) is 0.347. The largest absolute Gasteiger partial charge is 0.369 e. The van der Waals surface area contributed by atoms with Crippen LogP contribution >= 0.6 is 0 Å². The fourth-order valence-electron chi connectivity index (χ4n) is 0.347. The third kappa shape index (κ3) is 4.42. The van der Waals surface area contributed by atoms with Crippen molar-refractivity contribution in [3.63, 3.8) is 0 Å². The maximum absolute atomic E-state index is 11.9. The monoisotopic (exact) mass is 196 g/mol. The highest BCUT2D eigenvalue weighted by atomic mass is 19.3. The molecule has 0 aromatic rings. The SMILES string of the molecule is FC(F)COCC(F)(F)C(F)F. The molecule has 0 bridgehead atoms. The number of hydrogen-bond acceptors (Lipinski definition) is 1. The first-order valence-electron chi connectivity index (χ1n) is 2.88. The van der Waals surface area contributed by atoms with Crippen molar-refractivity contribution in [1.29, 1.82) is 0 Å². The van der Waals surface area contributed by atoms with Crippen molar-refractivity contribution in [2.24, 2.45) is 0 Å². The molecular formula is C5H6F6O. The van der Waals surface area contributed by atoms with Gasteiger partial charge in [-0.05, 0) is 0 Å². The molecule has 0 spiro atoms. The van der Waals surface area contributed by atoms with Gasteiger partial charge in [0, 0.05) is 0 Å². The van der Waals surface area contributed by atoms with Crippen LogP contribution in [0.25, 0.3) is 0 Å². The van der Waals surface area contributed by atoms with Crippen LogP contribution in [0.2, 0.25) is 0 Å². The predicted octanol–water partition coefficient (Wildman–Crippen LogP) is 2.17. The van der Waals surface area contributed by atoms with Gasteiger partial charge in [-0.2, -0.15) is 8.78 Å². The Balaban J connectivity index is 3.61. The number of ether oxygens (including phenoxy) is 1. The molecule has 0 atom stereocenters. The summed E-state index contributed by atoms with van der Waals surface area (Å²) in [5.41, 5.74) is 0. The Kier molecular flexibility index (Phi) is 4.36. The molecule has 12 heavy (non-hydrogen) atoms. The Labute approximate surface area is 64.3 Å². The lowest BCUT2D eigenvalue weighted by molar-refractivity contribution is -0.172. The minimum Gasteiger partial charge on any atom is -0.369 e. The smallest absolute Gasteiger partial charge is 0.330 e. The molecule has 0 N–H and O–H groups in total. The number of halogens is 6. The zero-order valence-electron chi connectivity index (χ0n) is 5.74. The average molecular weight is 196 g/mol. The van der Waals surface area contributed by atoms with Gasteiger partial charge in [-0.1, -0.05) is 0 Å². The average Bonchev–Trinajstić information content (AvgIpc) is 1.85. The maximum Gasteiger partial charge on any atom is 0.330 e. The van der Waals surface area contributed by atoms with Crippen LogP contribution in [0.4, 0.5) is 26.3 Å².